The molecule has 0 bridgehead atoms. The van der Waals surface area contributed by atoms with Crippen molar-refractivity contribution in [2.75, 3.05) is 0 Å². The van der Waals surface area contributed by atoms with Crippen molar-refractivity contribution in [3.05, 3.63) is 83.4 Å². The van der Waals surface area contributed by atoms with Crippen molar-refractivity contribution < 1.29 is 8.78 Å². The van der Waals surface area contributed by atoms with Crippen LogP contribution in [-0.2, 0) is 12.8 Å². The maximum atomic E-state index is 15.2. The summed E-state index contributed by atoms with van der Waals surface area (Å²) in [7, 11) is 0. The fourth-order valence-electron chi connectivity index (χ4n) is 4.36. The smallest absolute Gasteiger partial charge is 0.166 e. The highest BCUT2D eigenvalue weighted by Crippen LogP contribution is 2.32. The summed E-state index contributed by atoms with van der Waals surface area (Å²) in [6.45, 7) is 4.34. The lowest BCUT2D eigenvalue weighted by atomic mass is 9.91. The van der Waals surface area contributed by atoms with Crippen molar-refractivity contribution in [3.8, 4) is 22.3 Å². The van der Waals surface area contributed by atoms with E-state index in [9.17, 15) is 0 Å². The molecular formula is C30H36F2. The third-order valence-electron chi connectivity index (χ3n) is 6.28. The van der Waals surface area contributed by atoms with E-state index < -0.39 is 11.6 Å². The summed E-state index contributed by atoms with van der Waals surface area (Å²) in [5, 5.41) is 0. The third kappa shape index (κ3) is 6.28. The Bertz CT molecular complexity index is 958. The third-order valence-corrected chi connectivity index (χ3v) is 6.28. The van der Waals surface area contributed by atoms with E-state index in [-0.39, 0.29) is 0 Å². The van der Waals surface area contributed by atoms with Crippen molar-refractivity contribution >= 4 is 0 Å². The van der Waals surface area contributed by atoms with Crippen LogP contribution < -0.4 is 0 Å². The fraction of sp³-hybridized carbons (Fsp3) is 0.400. The number of aryl methyl sites for hydroxylation is 1. The maximum absolute atomic E-state index is 15.2. The molecule has 0 heterocycles. The zero-order valence-electron chi connectivity index (χ0n) is 19.6. The van der Waals surface area contributed by atoms with Gasteiger partial charge in [0.05, 0.1) is 0 Å². The van der Waals surface area contributed by atoms with Gasteiger partial charge in [-0.3, -0.25) is 0 Å². The van der Waals surface area contributed by atoms with E-state index in [1.807, 2.05) is 48.5 Å². The lowest BCUT2D eigenvalue weighted by molar-refractivity contribution is 0.495. The minimum absolute atomic E-state index is 0.380. The summed E-state index contributed by atoms with van der Waals surface area (Å²) < 4.78 is 30.4. The average Bonchev–Trinajstić information content (AvgIpc) is 2.83. The predicted molar refractivity (Wildman–Crippen MR) is 133 cm³/mol. The van der Waals surface area contributed by atoms with Gasteiger partial charge in [-0.15, -0.1) is 0 Å². The molecule has 0 radical (unpaired) electrons. The van der Waals surface area contributed by atoms with Crippen molar-refractivity contribution in [1.82, 2.24) is 0 Å². The second-order valence-corrected chi connectivity index (χ2v) is 8.75. The zero-order valence-corrected chi connectivity index (χ0v) is 19.6. The van der Waals surface area contributed by atoms with Gasteiger partial charge in [-0.2, -0.15) is 0 Å². The Balaban J connectivity index is 1.89. The van der Waals surface area contributed by atoms with E-state index in [1.165, 1.54) is 19.3 Å². The van der Waals surface area contributed by atoms with Crippen LogP contribution in [-0.4, -0.2) is 0 Å². The lowest BCUT2D eigenvalue weighted by Crippen LogP contribution is -2.04. The Morgan fingerprint density at radius 3 is 1.81 bits per heavy atom. The number of rotatable bonds is 12. The number of unbranched alkanes of at least 4 members (excludes halogenated alkanes) is 6. The molecular weight excluding hydrogens is 398 g/mol. The van der Waals surface area contributed by atoms with Gasteiger partial charge >= 0.3 is 0 Å². The highest BCUT2D eigenvalue weighted by atomic mass is 19.2. The van der Waals surface area contributed by atoms with E-state index in [4.69, 9.17) is 0 Å². The summed E-state index contributed by atoms with van der Waals surface area (Å²) in [4.78, 5) is 0. The van der Waals surface area contributed by atoms with Gasteiger partial charge in [-0.05, 0) is 59.6 Å². The van der Waals surface area contributed by atoms with Gasteiger partial charge in [-0.1, -0.05) is 107 Å². The Kier molecular flexibility index (Phi) is 9.46. The summed E-state index contributed by atoms with van der Waals surface area (Å²) in [5.74, 6) is -1.35. The number of benzene rings is 3. The summed E-state index contributed by atoms with van der Waals surface area (Å²) in [5.41, 5.74) is 4.88. The molecule has 170 valence electrons. The number of hydrogen-bond donors (Lipinski definition) is 0. The van der Waals surface area contributed by atoms with Crippen LogP contribution in [0.5, 0.6) is 0 Å². The first-order valence-corrected chi connectivity index (χ1v) is 12.3. The molecule has 0 aliphatic carbocycles. The molecule has 0 aromatic heterocycles. The summed E-state index contributed by atoms with van der Waals surface area (Å²) in [6, 6.07) is 19.8. The van der Waals surface area contributed by atoms with Crippen molar-refractivity contribution in [2.24, 2.45) is 0 Å². The van der Waals surface area contributed by atoms with Crippen LogP contribution in [0.1, 0.15) is 76.3 Å². The molecule has 3 aromatic rings. The van der Waals surface area contributed by atoms with Gasteiger partial charge in [0, 0.05) is 5.56 Å². The number of halogens is 2. The molecule has 0 nitrogen and oxygen atoms in total. The highest BCUT2D eigenvalue weighted by Gasteiger charge is 2.19. The van der Waals surface area contributed by atoms with Crippen LogP contribution in [0.25, 0.3) is 22.3 Å². The molecule has 0 fully saturated rings. The van der Waals surface area contributed by atoms with E-state index in [0.29, 0.717) is 17.5 Å². The lowest BCUT2D eigenvalue weighted by Gasteiger charge is -2.16. The van der Waals surface area contributed by atoms with Gasteiger partial charge in [0.25, 0.3) is 0 Å². The second-order valence-electron chi connectivity index (χ2n) is 8.75. The van der Waals surface area contributed by atoms with Gasteiger partial charge in [0.1, 0.15) is 0 Å². The van der Waals surface area contributed by atoms with Crippen LogP contribution in [0.4, 0.5) is 8.78 Å². The molecule has 32 heavy (non-hydrogen) atoms. The van der Waals surface area contributed by atoms with Gasteiger partial charge in [0.2, 0.25) is 0 Å². The maximum Gasteiger partial charge on any atom is 0.166 e. The average molecular weight is 435 g/mol. The molecule has 0 unspecified atom stereocenters. The SMILES string of the molecule is CCCCCCCc1cc(-c2ccc(-c3ccccc3)cc2)c(F)c(F)c1CCCCC. The molecule has 0 saturated carbocycles. The van der Waals surface area contributed by atoms with Crippen LogP contribution in [0.2, 0.25) is 0 Å². The Labute approximate surface area is 192 Å². The van der Waals surface area contributed by atoms with Crippen molar-refractivity contribution in [1.29, 1.82) is 0 Å². The van der Waals surface area contributed by atoms with E-state index in [0.717, 1.165) is 60.8 Å². The monoisotopic (exact) mass is 434 g/mol. The van der Waals surface area contributed by atoms with E-state index >= 15 is 8.78 Å². The Morgan fingerprint density at radius 1 is 0.562 bits per heavy atom. The molecule has 0 amide bonds. The predicted octanol–water partition coefficient (Wildman–Crippen LogP) is 9.54. The first kappa shape index (κ1) is 24.2. The van der Waals surface area contributed by atoms with Gasteiger partial charge in [-0.25, -0.2) is 8.78 Å². The van der Waals surface area contributed by atoms with Crippen LogP contribution in [0.3, 0.4) is 0 Å². The Hall–Kier alpha value is -2.48. The summed E-state index contributed by atoms with van der Waals surface area (Å²) in [6.07, 6.45) is 10.3. The summed E-state index contributed by atoms with van der Waals surface area (Å²) >= 11 is 0. The largest absolute Gasteiger partial charge is 0.203 e. The Morgan fingerprint density at radius 2 is 1.12 bits per heavy atom. The quantitative estimate of drug-likeness (QED) is 0.249. The van der Waals surface area contributed by atoms with Crippen LogP contribution in [0, 0.1) is 11.6 Å². The topological polar surface area (TPSA) is 0 Å². The number of hydrogen-bond acceptors (Lipinski definition) is 0. The molecule has 0 aliphatic heterocycles. The van der Waals surface area contributed by atoms with Crippen LogP contribution >= 0.6 is 0 Å². The van der Waals surface area contributed by atoms with Crippen molar-refractivity contribution in [2.45, 2.75) is 78.1 Å². The molecule has 0 spiro atoms. The van der Waals surface area contributed by atoms with E-state index in [2.05, 4.69) is 26.0 Å². The minimum atomic E-state index is -0.710. The molecule has 0 saturated heterocycles. The van der Waals surface area contributed by atoms with Crippen molar-refractivity contribution in [3.63, 3.8) is 0 Å². The van der Waals surface area contributed by atoms with Gasteiger partial charge < -0.3 is 0 Å². The standard InChI is InChI=1S/C30H36F2/c1-3-5-7-8-11-16-26-22-28(30(32)29(31)27(26)17-10-6-4-2)25-20-18-24(19-21-25)23-14-12-9-13-15-23/h9,12-15,18-22H,3-8,10-11,16-17H2,1-2H3. The molecule has 0 N–H and O–H groups in total. The fourth-order valence-corrected chi connectivity index (χ4v) is 4.36. The molecule has 3 aromatic carbocycles. The van der Waals surface area contributed by atoms with Gasteiger partial charge in [0.15, 0.2) is 11.6 Å². The zero-order chi connectivity index (χ0) is 22.8. The van der Waals surface area contributed by atoms with E-state index in [1.54, 1.807) is 0 Å². The van der Waals surface area contributed by atoms with Crippen LogP contribution in [0.15, 0.2) is 60.7 Å². The second kappa shape index (κ2) is 12.5. The molecule has 3 rings (SSSR count). The molecule has 0 atom stereocenters. The highest BCUT2D eigenvalue weighted by molar-refractivity contribution is 5.71. The normalized spacial score (nSPS) is 11.1. The molecule has 2 heteroatoms. The first-order valence-electron chi connectivity index (χ1n) is 12.3. The molecule has 0 aliphatic rings. The first-order chi connectivity index (χ1) is 15.7. The minimum Gasteiger partial charge on any atom is -0.203 e.